The Kier molecular flexibility index (Phi) is 13.1. The van der Waals surface area contributed by atoms with Gasteiger partial charge in [-0.3, -0.25) is 0 Å². The zero-order valence-electron chi connectivity index (χ0n) is 15.4. The van der Waals surface area contributed by atoms with E-state index in [4.69, 9.17) is 0 Å². The van der Waals surface area contributed by atoms with E-state index in [0.717, 1.165) is 0 Å². The zero-order valence-corrected chi connectivity index (χ0v) is 20.3. The van der Waals surface area contributed by atoms with Crippen molar-refractivity contribution in [2.45, 2.75) is 14.7 Å². The van der Waals surface area contributed by atoms with E-state index >= 15 is 0 Å². The minimum atomic E-state index is -4.25. The van der Waals surface area contributed by atoms with E-state index in [1.54, 1.807) is 18.2 Å². The van der Waals surface area contributed by atoms with Crippen LogP contribution in [-0.2, 0) is 30.4 Å². The molecular weight excluding hydrogens is 608 g/mol. The topological polar surface area (TPSA) is 172 Å². The molecule has 3 rings (SSSR count). The van der Waals surface area contributed by atoms with Gasteiger partial charge in [0, 0.05) is 0 Å². The van der Waals surface area contributed by atoms with Crippen molar-refractivity contribution in [1.82, 2.24) is 0 Å². The Morgan fingerprint density at radius 1 is 0.387 bits per heavy atom. The molecule has 0 radical (unpaired) electrons. The van der Waals surface area contributed by atoms with Crippen LogP contribution in [0.15, 0.2) is 106 Å². The van der Waals surface area contributed by atoms with Crippen LogP contribution in [0.3, 0.4) is 0 Å². The minimum Gasteiger partial charge on any atom is -0.744 e. The van der Waals surface area contributed by atoms with Crippen LogP contribution in [-0.4, -0.2) is 38.9 Å². The summed E-state index contributed by atoms with van der Waals surface area (Å²) in [6.07, 6.45) is 0. The molecular formula is C18H15EuO9S3. The Balaban J connectivity index is 0.000000429. The molecule has 3 aromatic carbocycles. The monoisotopic (exact) mass is 624 g/mol. The Bertz CT molecular complexity index is 1070. The Labute approximate surface area is 221 Å². The fourth-order valence-electron chi connectivity index (χ4n) is 1.76. The molecule has 0 unspecified atom stereocenters. The van der Waals surface area contributed by atoms with Crippen LogP contribution in [0.1, 0.15) is 0 Å². The fraction of sp³-hybridized carbons (Fsp3) is 0. The summed E-state index contributed by atoms with van der Waals surface area (Å²) in [6, 6.07) is 21.6. The van der Waals surface area contributed by atoms with Crippen molar-refractivity contribution in [2.24, 2.45) is 0 Å². The summed E-state index contributed by atoms with van der Waals surface area (Å²) in [5.41, 5.74) is 0. The van der Waals surface area contributed by atoms with E-state index in [2.05, 4.69) is 0 Å². The molecule has 0 atom stereocenters. The van der Waals surface area contributed by atoms with Crippen molar-refractivity contribution < 1.29 is 88.3 Å². The summed E-state index contributed by atoms with van der Waals surface area (Å²) >= 11 is 0. The molecule has 0 heterocycles. The van der Waals surface area contributed by atoms with E-state index in [1.165, 1.54) is 72.8 Å². The van der Waals surface area contributed by atoms with Crippen molar-refractivity contribution in [2.75, 3.05) is 0 Å². The molecule has 0 aromatic heterocycles. The molecule has 0 aliphatic heterocycles. The van der Waals surface area contributed by atoms with Crippen LogP contribution < -0.4 is 0 Å². The van der Waals surface area contributed by atoms with Crippen molar-refractivity contribution in [3.8, 4) is 0 Å². The maximum Gasteiger partial charge on any atom is 3.00 e. The number of hydrogen-bond donors (Lipinski definition) is 0. The van der Waals surface area contributed by atoms with Crippen LogP contribution in [0.2, 0.25) is 0 Å². The SMILES string of the molecule is O=S(=O)([O-])c1ccccc1.O=S(=O)([O-])c1ccccc1.O=S(=O)([O-])c1ccccc1.[Eu+3]. The van der Waals surface area contributed by atoms with Gasteiger partial charge in [-0.2, -0.15) is 0 Å². The summed E-state index contributed by atoms with van der Waals surface area (Å²) < 4.78 is 92.5. The third-order valence-electron chi connectivity index (χ3n) is 3.10. The summed E-state index contributed by atoms with van der Waals surface area (Å²) in [5.74, 6) is 0. The van der Waals surface area contributed by atoms with Crippen molar-refractivity contribution in [3.05, 3.63) is 91.0 Å². The van der Waals surface area contributed by atoms with Gasteiger partial charge >= 0.3 is 49.4 Å². The molecule has 0 amide bonds. The minimum absolute atomic E-state index is 0. The largest absolute Gasteiger partial charge is 3.00 e. The van der Waals surface area contributed by atoms with Crippen LogP contribution in [0, 0.1) is 49.4 Å². The Hall–Kier alpha value is -1.03. The number of rotatable bonds is 3. The zero-order chi connectivity index (χ0) is 22.8. The van der Waals surface area contributed by atoms with Gasteiger partial charge in [-0.05, 0) is 36.4 Å². The van der Waals surface area contributed by atoms with Crippen molar-refractivity contribution in [3.63, 3.8) is 0 Å². The molecule has 166 valence electrons. The Morgan fingerprint density at radius 2 is 0.548 bits per heavy atom. The Morgan fingerprint density at radius 3 is 0.645 bits per heavy atom. The smallest absolute Gasteiger partial charge is 0.744 e. The third-order valence-corrected chi connectivity index (χ3v) is 5.64. The van der Waals surface area contributed by atoms with E-state index in [0.29, 0.717) is 0 Å². The molecule has 0 fully saturated rings. The standard InChI is InChI=1S/3C6H6O3S.Eu/c3*7-10(8,9)6-4-2-1-3-5-6;/h3*1-5H,(H,7,8,9);/q;;;+3/p-3. The van der Waals surface area contributed by atoms with E-state index in [9.17, 15) is 38.9 Å². The normalized spacial score (nSPS) is 10.9. The summed E-state index contributed by atoms with van der Waals surface area (Å²) in [5, 5.41) is 0. The fourth-order valence-corrected chi connectivity index (χ4v) is 3.23. The van der Waals surface area contributed by atoms with Crippen LogP contribution >= 0.6 is 0 Å². The summed E-state index contributed by atoms with van der Waals surface area (Å²) in [4.78, 5) is -0.556. The summed E-state index contributed by atoms with van der Waals surface area (Å²) in [6.45, 7) is 0. The first-order valence-corrected chi connectivity index (χ1v) is 12.1. The molecule has 0 aliphatic carbocycles. The van der Waals surface area contributed by atoms with Crippen LogP contribution in [0.4, 0.5) is 0 Å². The molecule has 0 saturated carbocycles. The molecule has 0 aliphatic rings. The molecule has 13 heteroatoms. The second-order valence-electron chi connectivity index (χ2n) is 5.30. The van der Waals surface area contributed by atoms with Gasteiger partial charge in [0.2, 0.25) is 0 Å². The number of benzene rings is 3. The van der Waals surface area contributed by atoms with Gasteiger partial charge in [-0.15, -0.1) is 0 Å². The quantitative estimate of drug-likeness (QED) is 0.394. The number of hydrogen-bond acceptors (Lipinski definition) is 9. The first-order valence-electron chi connectivity index (χ1n) is 7.84. The van der Waals surface area contributed by atoms with Gasteiger partial charge < -0.3 is 13.7 Å². The predicted molar refractivity (Wildman–Crippen MR) is 103 cm³/mol. The van der Waals surface area contributed by atoms with Crippen molar-refractivity contribution >= 4 is 30.4 Å². The van der Waals surface area contributed by atoms with Gasteiger partial charge in [0.05, 0.1) is 14.7 Å². The second-order valence-corrected chi connectivity index (χ2v) is 9.44. The van der Waals surface area contributed by atoms with Crippen molar-refractivity contribution in [1.29, 1.82) is 0 Å². The third kappa shape index (κ3) is 12.6. The molecule has 9 nitrogen and oxygen atoms in total. The predicted octanol–water partition coefficient (Wildman–Crippen LogP) is 1.77. The average molecular weight is 623 g/mol. The van der Waals surface area contributed by atoms with E-state index in [-0.39, 0.29) is 64.1 Å². The molecule has 0 spiro atoms. The van der Waals surface area contributed by atoms with Crippen LogP contribution in [0.5, 0.6) is 0 Å². The molecule has 3 aromatic rings. The van der Waals surface area contributed by atoms with Gasteiger partial charge in [0.25, 0.3) is 0 Å². The average Bonchev–Trinajstić information content (AvgIpc) is 2.69. The van der Waals surface area contributed by atoms with Gasteiger partial charge in [0.1, 0.15) is 30.4 Å². The van der Waals surface area contributed by atoms with Gasteiger partial charge in [0.15, 0.2) is 0 Å². The van der Waals surface area contributed by atoms with E-state index in [1.807, 2.05) is 0 Å². The molecule has 0 saturated heterocycles. The maximum absolute atomic E-state index is 10.3. The van der Waals surface area contributed by atoms with Crippen LogP contribution in [0.25, 0.3) is 0 Å². The van der Waals surface area contributed by atoms with Gasteiger partial charge in [-0.1, -0.05) is 54.6 Å². The first kappa shape index (κ1) is 30.0. The van der Waals surface area contributed by atoms with Gasteiger partial charge in [-0.25, -0.2) is 25.3 Å². The molecule has 0 N–H and O–H groups in total. The molecule has 31 heavy (non-hydrogen) atoms. The maximum atomic E-state index is 10.3. The molecule has 0 bridgehead atoms. The summed E-state index contributed by atoms with van der Waals surface area (Å²) in [7, 11) is -12.8. The van der Waals surface area contributed by atoms with E-state index < -0.39 is 30.4 Å². The first-order chi connectivity index (χ1) is 13.8. The second kappa shape index (κ2) is 13.5.